The van der Waals surface area contributed by atoms with Crippen LogP contribution in [0.2, 0.25) is 0 Å². The maximum absolute atomic E-state index is 12.0. The number of sulfone groups is 1. The van der Waals surface area contributed by atoms with E-state index >= 15 is 0 Å². The van der Waals surface area contributed by atoms with Gasteiger partial charge in [-0.15, -0.1) is 10.1 Å². The van der Waals surface area contributed by atoms with Crippen molar-refractivity contribution in [1.29, 1.82) is 0 Å². The van der Waals surface area contributed by atoms with Crippen molar-refractivity contribution in [3.63, 3.8) is 0 Å². The molecule has 33 heavy (non-hydrogen) atoms. The maximum atomic E-state index is 12.0. The molecule has 0 heterocycles. The lowest BCUT2D eigenvalue weighted by molar-refractivity contribution is -0.777. The van der Waals surface area contributed by atoms with Gasteiger partial charge in [0.1, 0.15) is 19.0 Å². The standard InChI is InChI=1S/C20H23NO11S/c1-14(32-21(24)25)31-20(23)30-8-10-33(26,27)9-7-29-19(22)12-15-3-4-17-13-18(28-2)6-5-16(17)11-15/h3-6,11,13-14H,7-10,12H2,1-2H3. The molecule has 2 aromatic carbocycles. The van der Waals surface area contributed by atoms with Gasteiger partial charge < -0.3 is 18.9 Å². The molecule has 180 valence electrons. The highest BCUT2D eigenvalue weighted by Crippen LogP contribution is 2.22. The summed E-state index contributed by atoms with van der Waals surface area (Å²) in [6.07, 6.45) is -2.85. The Hall–Kier alpha value is -3.61. The van der Waals surface area contributed by atoms with E-state index in [0.717, 1.165) is 23.4 Å². The fourth-order valence-electron chi connectivity index (χ4n) is 2.68. The molecule has 1 atom stereocenters. The summed E-state index contributed by atoms with van der Waals surface area (Å²) in [5.41, 5.74) is 0.711. The van der Waals surface area contributed by atoms with Crippen LogP contribution in [-0.4, -0.2) is 63.7 Å². The first-order valence-corrected chi connectivity index (χ1v) is 11.5. The molecule has 13 heteroatoms. The minimum Gasteiger partial charge on any atom is -0.497 e. The normalized spacial score (nSPS) is 11.9. The molecule has 0 saturated carbocycles. The van der Waals surface area contributed by atoms with Gasteiger partial charge in [0.2, 0.25) is 6.29 Å². The first-order chi connectivity index (χ1) is 15.6. The average Bonchev–Trinajstić information content (AvgIpc) is 2.72. The third-order valence-electron chi connectivity index (χ3n) is 4.23. The average molecular weight is 485 g/mol. The van der Waals surface area contributed by atoms with Crippen LogP contribution in [0.3, 0.4) is 0 Å². The van der Waals surface area contributed by atoms with Crippen LogP contribution >= 0.6 is 0 Å². The Labute approximate surface area is 189 Å². The summed E-state index contributed by atoms with van der Waals surface area (Å²) in [4.78, 5) is 37.4. The van der Waals surface area contributed by atoms with Gasteiger partial charge in [-0.1, -0.05) is 24.3 Å². The van der Waals surface area contributed by atoms with E-state index < -0.39 is 51.5 Å². The number of fused-ring (bicyclic) bond motifs is 1. The van der Waals surface area contributed by atoms with E-state index in [2.05, 4.69) is 14.3 Å². The molecule has 1 unspecified atom stereocenters. The largest absolute Gasteiger partial charge is 0.510 e. The predicted octanol–water partition coefficient (Wildman–Crippen LogP) is 2.06. The summed E-state index contributed by atoms with van der Waals surface area (Å²) in [7, 11) is -2.12. The molecule has 0 saturated heterocycles. The summed E-state index contributed by atoms with van der Waals surface area (Å²) in [6, 6.07) is 11.0. The quantitative estimate of drug-likeness (QED) is 0.187. The summed E-state index contributed by atoms with van der Waals surface area (Å²) in [6.45, 7) is 0.191. The Morgan fingerprint density at radius 3 is 2.33 bits per heavy atom. The number of rotatable bonds is 12. The first-order valence-electron chi connectivity index (χ1n) is 9.65. The van der Waals surface area contributed by atoms with Gasteiger partial charge in [-0.3, -0.25) is 9.63 Å². The minimum atomic E-state index is -3.69. The third-order valence-corrected chi connectivity index (χ3v) is 5.81. The fraction of sp³-hybridized carbons (Fsp3) is 0.400. The lowest BCUT2D eigenvalue weighted by atomic mass is 10.0. The number of methoxy groups -OCH3 is 1. The highest BCUT2D eigenvalue weighted by atomic mass is 32.2. The van der Waals surface area contributed by atoms with Crippen LogP contribution in [-0.2, 0) is 40.1 Å². The van der Waals surface area contributed by atoms with E-state index in [9.17, 15) is 28.1 Å². The summed E-state index contributed by atoms with van der Waals surface area (Å²) in [5, 5.41) is 10.8. The molecule has 0 radical (unpaired) electrons. The highest BCUT2D eigenvalue weighted by molar-refractivity contribution is 7.91. The van der Waals surface area contributed by atoms with E-state index in [0.29, 0.717) is 5.56 Å². The van der Waals surface area contributed by atoms with Gasteiger partial charge in [-0.25, -0.2) is 13.2 Å². The molecule has 0 aromatic heterocycles. The van der Waals surface area contributed by atoms with Crippen LogP contribution in [0.25, 0.3) is 10.8 Å². The number of carbonyl (C=O) groups excluding carboxylic acids is 2. The lowest BCUT2D eigenvalue weighted by Gasteiger charge is -2.11. The topological polar surface area (TPSA) is 158 Å². The van der Waals surface area contributed by atoms with E-state index in [1.807, 2.05) is 24.3 Å². The van der Waals surface area contributed by atoms with Crippen LogP contribution in [0, 0.1) is 10.1 Å². The number of benzene rings is 2. The van der Waals surface area contributed by atoms with Gasteiger partial charge in [-0.05, 0) is 35.4 Å². The molecule has 0 fully saturated rings. The zero-order valence-electron chi connectivity index (χ0n) is 17.9. The number of ether oxygens (including phenoxy) is 4. The zero-order chi connectivity index (χ0) is 24.4. The molecule has 2 rings (SSSR count). The second-order valence-electron chi connectivity index (χ2n) is 6.71. The van der Waals surface area contributed by atoms with Crippen LogP contribution in [0.5, 0.6) is 5.75 Å². The Morgan fingerprint density at radius 1 is 1.03 bits per heavy atom. The summed E-state index contributed by atoms with van der Waals surface area (Å²) < 4.78 is 43.0. The van der Waals surface area contributed by atoms with Crippen molar-refractivity contribution in [3.05, 3.63) is 52.1 Å². The van der Waals surface area contributed by atoms with Crippen molar-refractivity contribution in [1.82, 2.24) is 0 Å². The summed E-state index contributed by atoms with van der Waals surface area (Å²) in [5.74, 6) is -0.873. The van der Waals surface area contributed by atoms with Crippen molar-refractivity contribution in [3.8, 4) is 5.75 Å². The molecule has 0 aliphatic carbocycles. The van der Waals surface area contributed by atoms with E-state index in [4.69, 9.17) is 9.47 Å². The highest BCUT2D eigenvalue weighted by Gasteiger charge is 2.17. The SMILES string of the molecule is COc1ccc2cc(CC(=O)OCCS(=O)(=O)CCOC(=O)OC(C)O[N+](=O)[O-])ccc2c1. The van der Waals surface area contributed by atoms with Crippen molar-refractivity contribution in [2.24, 2.45) is 0 Å². The number of nitrogens with zero attached hydrogens (tertiary/aromatic N) is 1. The second kappa shape index (κ2) is 11.9. The van der Waals surface area contributed by atoms with E-state index in [1.54, 1.807) is 19.2 Å². The lowest BCUT2D eigenvalue weighted by Crippen LogP contribution is -2.25. The van der Waals surface area contributed by atoms with Crippen molar-refractivity contribution in [2.45, 2.75) is 19.6 Å². The van der Waals surface area contributed by atoms with Crippen molar-refractivity contribution >= 4 is 32.7 Å². The Kier molecular flexibility index (Phi) is 9.21. The first kappa shape index (κ1) is 25.6. The zero-order valence-corrected chi connectivity index (χ0v) is 18.7. The Balaban J connectivity index is 1.71. The minimum absolute atomic E-state index is 0.0264. The number of carbonyl (C=O) groups is 2. The van der Waals surface area contributed by atoms with Crippen LogP contribution in [0.4, 0.5) is 4.79 Å². The molecule has 0 bridgehead atoms. The number of hydrogen-bond donors (Lipinski definition) is 0. The molecule has 2 aromatic rings. The van der Waals surface area contributed by atoms with Crippen LogP contribution in [0.15, 0.2) is 36.4 Å². The molecule has 12 nitrogen and oxygen atoms in total. The predicted molar refractivity (Wildman–Crippen MR) is 114 cm³/mol. The van der Waals surface area contributed by atoms with Gasteiger partial charge in [-0.2, -0.15) is 0 Å². The fourth-order valence-corrected chi connectivity index (χ4v) is 3.56. The molecular weight excluding hydrogens is 462 g/mol. The molecule has 0 N–H and O–H groups in total. The van der Waals surface area contributed by atoms with Gasteiger partial charge in [0.25, 0.3) is 5.09 Å². The van der Waals surface area contributed by atoms with Crippen molar-refractivity contribution in [2.75, 3.05) is 31.8 Å². The van der Waals surface area contributed by atoms with Crippen molar-refractivity contribution < 1.29 is 46.9 Å². The Morgan fingerprint density at radius 2 is 1.67 bits per heavy atom. The number of hydrogen-bond acceptors (Lipinski definition) is 11. The third kappa shape index (κ3) is 9.19. The van der Waals surface area contributed by atoms with Gasteiger partial charge in [0.05, 0.1) is 25.0 Å². The van der Waals surface area contributed by atoms with Gasteiger partial charge >= 0.3 is 12.1 Å². The van der Waals surface area contributed by atoms with Crippen LogP contribution < -0.4 is 4.74 Å². The van der Waals surface area contributed by atoms with E-state index in [-0.39, 0.29) is 13.0 Å². The van der Waals surface area contributed by atoms with Gasteiger partial charge in [0, 0.05) is 0 Å². The number of esters is 1. The molecule has 0 aliphatic rings. The molecule has 0 spiro atoms. The molecule has 0 aliphatic heterocycles. The summed E-state index contributed by atoms with van der Waals surface area (Å²) >= 11 is 0. The second-order valence-corrected chi connectivity index (χ2v) is 9.01. The van der Waals surface area contributed by atoms with E-state index in [1.165, 1.54) is 0 Å². The molecule has 0 amide bonds. The monoisotopic (exact) mass is 485 g/mol. The maximum Gasteiger partial charge on any atom is 0.510 e. The smallest absolute Gasteiger partial charge is 0.497 e. The molecular formula is C20H23NO11S. The Bertz CT molecular complexity index is 1100. The van der Waals surface area contributed by atoms with Crippen LogP contribution in [0.1, 0.15) is 12.5 Å². The van der Waals surface area contributed by atoms with Gasteiger partial charge in [0.15, 0.2) is 9.84 Å².